The average molecular weight is 409 g/mol. The number of hydrogen-bond acceptors (Lipinski definition) is 5. The second-order valence-electron chi connectivity index (χ2n) is 5.78. The largest absolute Gasteiger partial charge is 0.353 e. The van der Waals surface area contributed by atoms with Crippen LogP contribution in [0.25, 0.3) is 0 Å². The Kier molecular flexibility index (Phi) is 9.09. The van der Waals surface area contributed by atoms with Gasteiger partial charge in [-0.05, 0) is 17.7 Å². The summed E-state index contributed by atoms with van der Waals surface area (Å²) in [6, 6.07) is 4.69. The van der Waals surface area contributed by atoms with E-state index in [-0.39, 0.29) is 6.54 Å². The highest BCUT2D eigenvalue weighted by Crippen LogP contribution is 2.31. The Labute approximate surface area is 164 Å². The van der Waals surface area contributed by atoms with Gasteiger partial charge in [-0.1, -0.05) is 29.3 Å². The van der Waals surface area contributed by atoms with Crippen LogP contribution in [0.3, 0.4) is 0 Å². The number of carbonyl (C=O) groups is 1. The number of primary amides is 1. The first kappa shape index (κ1) is 23.0. The van der Waals surface area contributed by atoms with E-state index in [4.69, 9.17) is 47.9 Å². The molecular weight excluding hydrogens is 383 g/mol. The summed E-state index contributed by atoms with van der Waals surface area (Å²) in [5, 5.41) is 3.43. The summed E-state index contributed by atoms with van der Waals surface area (Å²) >= 11 is 12.1. The molecule has 1 rings (SSSR count). The molecule has 0 unspecified atom stereocenters. The molecule has 1 aromatic carbocycles. The van der Waals surface area contributed by atoms with Crippen molar-refractivity contribution < 1.29 is 23.7 Å². The highest BCUT2D eigenvalue weighted by molar-refractivity contribution is 6.42. The number of nitrogens with one attached hydrogen (secondary N) is 1. The van der Waals surface area contributed by atoms with E-state index in [1.807, 2.05) is 6.07 Å². The Hall–Kier alpha value is -1.09. The Morgan fingerprint density at radius 2 is 1.54 bits per heavy atom. The molecule has 0 fully saturated rings. The number of carbonyl (C=O) groups excluding carboxylic acids is 1. The standard InChI is InChI=1S/C17H26Cl2N2O5/c1-23-16(24-2,10-12-5-6-13(18)14(19)9-12)7-8-17(25-3,26-4)11-21-15(20)22/h5-6,9H,7-8,10-11H2,1-4H3,(H3,20,21,22). The summed E-state index contributed by atoms with van der Waals surface area (Å²) in [7, 11) is 6.10. The molecule has 0 radical (unpaired) electrons. The van der Waals surface area contributed by atoms with Crippen LogP contribution in [0.2, 0.25) is 10.0 Å². The van der Waals surface area contributed by atoms with Crippen molar-refractivity contribution >= 4 is 29.2 Å². The van der Waals surface area contributed by atoms with Gasteiger partial charge < -0.3 is 30.0 Å². The molecule has 0 bridgehead atoms. The third-order valence-corrected chi connectivity index (χ3v) is 5.10. The minimum Gasteiger partial charge on any atom is -0.353 e. The number of nitrogens with two attached hydrogens (primary N) is 1. The molecule has 0 saturated heterocycles. The second kappa shape index (κ2) is 10.3. The van der Waals surface area contributed by atoms with E-state index in [1.165, 1.54) is 14.2 Å². The van der Waals surface area contributed by atoms with Crippen molar-refractivity contribution in [1.82, 2.24) is 5.32 Å². The van der Waals surface area contributed by atoms with Crippen LogP contribution in [0.4, 0.5) is 4.79 Å². The summed E-state index contributed by atoms with van der Waals surface area (Å²) < 4.78 is 22.2. The first-order valence-corrected chi connectivity index (χ1v) is 8.69. The average Bonchev–Trinajstić information content (AvgIpc) is 2.64. The zero-order chi connectivity index (χ0) is 19.8. The van der Waals surface area contributed by atoms with Crippen molar-refractivity contribution in [3.8, 4) is 0 Å². The molecule has 0 aliphatic carbocycles. The van der Waals surface area contributed by atoms with Crippen LogP contribution in [0.15, 0.2) is 18.2 Å². The number of ether oxygens (including phenoxy) is 4. The number of hydrogen-bond donors (Lipinski definition) is 2. The fourth-order valence-corrected chi connectivity index (χ4v) is 2.92. The molecule has 0 aliphatic heterocycles. The van der Waals surface area contributed by atoms with E-state index in [0.717, 1.165) is 5.56 Å². The quantitative estimate of drug-likeness (QED) is 0.549. The molecule has 0 heterocycles. The predicted octanol–water partition coefficient (Wildman–Crippen LogP) is 2.96. The molecule has 7 nitrogen and oxygen atoms in total. The number of benzene rings is 1. The Bertz CT molecular complexity index is 593. The number of urea groups is 1. The van der Waals surface area contributed by atoms with E-state index in [9.17, 15) is 4.79 Å². The summed E-state index contributed by atoms with van der Waals surface area (Å²) in [5.41, 5.74) is 6.04. The van der Waals surface area contributed by atoms with E-state index in [2.05, 4.69) is 5.32 Å². The molecule has 1 aromatic rings. The predicted molar refractivity (Wildman–Crippen MR) is 100 cm³/mol. The van der Waals surface area contributed by atoms with Crippen LogP contribution in [-0.4, -0.2) is 52.6 Å². The zero-order valence-corrected chi connectivity index (χ0v) is 16.9. The van der Waals surface area contributed by atoms with Crippen molar-refractivity contribution in [2.45, 2.75) is 30.8 Å². The van der Waals surface area contributed by atoms with Crippen LogP contribution in [0, 0.1) is 0 Å². The monoisotopic (exact) mass is 408 g/mol. The third kappa shape index (κ3) is 6.26. The fraction of sp³-hybridized carbons (Fsp3) is 0.588. The van der Waals surface area contributed by atoms with Gasteiger partial charge in [-0.3, -0.25) is 0 Å². The van der Waals surface area contributed by atoms with Crippen LogP contribution in [0.5, 0.6) is 0 Å². The van der Waals surface area contributed by atoms with Crippen LogP contribution in [0.1, 0.15) is 18.4 Å². The van der Waals surface area contributed by atoms with Gasteiger partial charge in [-0.2, -0.15) is 0 Å². The van der Waals surface area contributed by atoms with Crippen molar-refractivity contribution in [3.05, 3.63) is 33.8 Å². The zero-order valence-electron chi connectivity index (χ0n) is 15.4. The van der Waals surface area contributed by atoms with Gasteiger partial charge in [0.2, 0.25) is 0 Å². The lowest BCUT2D eigenvalue weighted by atomic mass is 9.97. The fourth-order valence-electron chi connectivity index (χ4n) is 2.60. The van der Waals surface area contributed by atoms with Gasteiger partial charge in [0.25, 0.3) is 0 Å². The summed E-state index contributed by atoms with van der Waals surface area (Å²) in [4.78, 5) is 11.0. The van der Waals surface area contributed by atoms with Gasteiger partial charge in [0, 0.05) is 47.7 Å². The molecule has 2 amide bonds. The topological polar surface area (TPSA) is 92.0 Å². The van der Waals surface area contributed by atoms with Crippen LogP contribution in [-0.2, 0) is 25.4 Å². The molecule has 0 saturated carbocycles. The van der Waals surface area contributed by atoms with Crippen molar-refractivity contribution in [3.63, 3.8) is 0 Å². The minimum absolute atomic E-state index is 0.0889. The molecule has 9 heteroatoms. The first-order chi connectivity index (χ1) is 12.2. The first-order valence-electron chi connectivity index (χ1n) is 7.93. The van der Waals surface area contributed by atoms with E-state index in [1.54, 1.807) is 26.4 Å². The van der Waals surface area contributed by atoms with Gasteiger partial charge in [-0.25, -0.2) is 4.79 Å². The van der Waals surface area contributed by atoms with Gasteiger partial charge in [0.1, 0.15) is 0 Å². The van der Waals surface area contributed by atoms with Crippen LogP contribution >= 0.6 is 23.2 Å². The maximum atomic E-state index is 11.0. The number of methoxy groups -OCH3 is 4. The Morgan fingerprint density at radius 3 is 2.00 bits per heavy atom. The van der Waals surface area contributed by atoms with Gasteiger partial charge in [0.05, 0.1) is 16.6 Å². The maximum Gasteiger partial charge on any atom is 0.312 e. The lowest BCUT2D eigenvalue weighted by Gasteiger charge is -2.36. The normalized spacial score (nSPS) is 12.2. The molecule has 0 atom stereocenters. The molecular formula is C17H26Cl2N2O5. The molecule has 3 N–H and O–H groups in total. The maximum absolute atomic E-state index is 11.0. The number of rotatable bonds is 11. The summed E-state index contributed by atoms with van der Waals surface area (Å²) in [6.07, 6.45) is 1.23. The lowest BCUT2D eigenvalue weighted by Crippen LogP contribution is -2.49. The van der Waals surface area contributed by atoms with E-state index >= 15 is 0 Å². The van der Waals surface area contributed by atoms with Gasteiger partial charge in [-0.15, -0.1) is 0 Å². The van der Waals surface area contributed by atoms with E-state index < -0.39 is 17.6 Å². The SMILES string of the molecule is COC(CCC(Cc1ccc(Cl)c(Cl)c1)(OC)OC)(CNC(N)=O)OC. The lowest BCUT2D eigenvalue weighted by molar-refractivity contribution is -0.245. The third-order valence-electron chi connectivity index (χ3n) is 4.36. The molecule has 148 valence electrons. The number of amides is 2. The van der Waals surface area contributed by atoms with E-state index in [0.29, 0.717) is 29.3 Å². The Morgan fingerprint density at radius 1 is 1.00 bits per heavy atom. The highest BCUT2D eigenvalue weighted by Gasteiger charge is 2.37. The minimum atomic E-state index is -1.06. The molecule has 0 aromatic heterocycles. The molecule has 0 aliphatic rings. The van der Waals surface area contributed by atoms with Crippen molar-refractivity contribution in [2.24, 2.45) is 5.73 Å². The van der Waals surface area contributed by atoms with Crippen LogP contribution < -0.4 is 11.1 Å². The highest BCUT2D eigenvalue weighted by atomic mass is 35.5. The van der Waals surface area contributed by atoms with Crippen molar-refractivity contribution in [2.75, 3.05) is 35.0 Å². The Balaban J connectivity index is 2.93. The summed E-state index contributed by atoms with van der Waals surface area (Å²) in [5.74, 6) is -2.00. The van der Waals surface area contributed by atoms with Gasteiger partial charge in [0.15, 0.2) is 11.6 Å². The van der Waals surface area contributed by atoms with Crippen molar-refractivity contribution in [1.29, 1.82) is 0 Å². The van der Waals surface area contributed by atoms with Gasteiger partial charge >= 0.3 is 6.03 Å². The molecule has 0 spiro atoms. The second-order valence-corrected chi connectivity index (χ2v) is 6.60. The number of halogens is 2. The smallest absolute Gasteiger partial charge is 0.312 e. The summed E-state index contributed by atoms with van der Waals surface area (Å²) in [6.45, 7) is 0.0889. The molecule has 26 heavy (non-hydrogen) atoms.